The standard InChI is InChI=1S/C10H8BrN2O/c11-8-4-6-13(14)10(7-8)9-3-1-2-5-12-9/h1-7,14H/q+1. The zero-order valence-corrected chi connectivity index (χ0v) is 8.85. The highest BCUT2D eigenvalue weighted by atomic mass is 79.9. The lowest BCUT2D eigenvalue weighted by Crippen LogP contribution is -2.32. The summed E-state index contributed by atoms with van der Waals surface area (Å²) in [4.78, 5) is 4.15. The van der Waals surface area contributed by atoms with Gasteiger partial charge in [0.2, 0.25) is 6.20 Å². The van der Waals surface area contributed by atoms with Gasteiger partial charge in [-0.3, -0.25) is 5.21 Å². The summed E-state index contributed by atoms with van der Waals surface area (Å²) in [5.74, 6) is 0. The van der Waals surface area contributed by atoms with Crippen molar-refractivity contribution in [2.75, 3.05) is 0 Å². The zero-order valence-electron chi connectivity index (χ0n) is 7.26. The number of pyridine rings is 2. The van der Waals surface area contributed by atoms with E-state index >= 15 is 0 Å². The Kier molecular flexibility index (Phi) is 2.45. The predicted octanol–water partition coefficient (Wildman–Crippen LogP) is 2.04. The van der Waals surface area contributed by atoms with Gasteiger partial charge in [-0.05, 0) is 12.1 Å². The maximum absolute atomic E-state index is 9.54. The largest absolute Gasteiger partial charge is 0.284 e. The normalized spacial score (nSPS) is 10.1. The van der Waals surface area contributed by atoms with Gasteiger partial charge in [-0.25, -0.2) is 4.98 Å². The molecule has 0 saturated carbocycles. The number of hydrogen-bond donors (Lipinski definition) is 1. The van der Waals surface area contributed by atoms with Crippen LogP contribution >= 0.6 is 15.9 Å². The molecule has 0 saturated heterocycles. The van der Waals surface area contributed by atoms with Gasteiger partial charge < -0.3 is 0 Å². The number of nitrogens with zero attached hydrogens (tertiary/aromatic N) is 2. The SMILES string of the molecule is O[n+]1ccc(Br)cc1-c1ccccn1. The molecular formula is C10H8BrN2O+. The summed E-state index contributed by atoms with van der Waals surface area (Å²) in [6.45, 7) is 0. The van der Waals surface area contributed by atoms with Gasteiger partial charge in [0, 0.05) is 27.5 Å². The molecule has 0 aliphatic carbocycles. The summed E-state index contributed by atoms with van der Waals surface area (Å²) < 4.78 is 1.95. The quantitative estimate of drug-likeness (QED) is 0.622. The van der Waals surface area contributed by atoms with Crippen molar-refractivity contribution in [2.45, 2.75) is 0 Å². The molecule has 14 heavy (non-hydrogen) atoms. The van der Waals surface area contributed by atoms with Crippen LogP contribution < -0.4 is 4.73 Å². The summed E-state index contributed by atoms with van der Waals surface area (Å²) in [5, 5.41) is 9.54. The third-order valence-corrected chi connectivity index (χ3v) is 2.32. The first-order chi connectivity index (χ1) is 6.77. The second kappa shape index (κ2) is 3.75. The number of halogens is 1. The molecule has 4 heteroatoms. The van der Waals surface area contributed by atoms with E-state index in [4.69, 9.17) is 0 Å². The summed E-state index contributed by atoms with van der Waals surface area (Å²) in [6, 6.07) is 9.12. The minimum Gasteiger partial charge on any atom is -0.284 e. The minimum absolute atomic E-state index is 0.653. The molecule has 3 nitrogen and oxygen atoms in total. The van der Waals surface area contributed by atoms with Crippen molar-refractivity contribution in [3.8, 4) is 11.4 Å². The molecule has 0 aromatic carbocycles. The monoisotopic (exact) mass is 251 g/mol. The van der Waals surface area contributed by atoms with Gasteiger partial charge in [0.25, 0.3) is 5.69 Å². The molecule has 2 aromatic rings. The van der Waals surface area contributed by atoms with Crippen LogP contribution in [0.5, 0.6) is 0 Å². The molecule has 70 valence electrons. The van der Waals surface area contributed by atoms with Crippen LogP contribution in [0, 0.1) is 0 Å². The molecule has 0 radical (unpaired) electrons. The van der Waals surface area contributed by atoms with Crippen LogP contribution in [-0.4, -0.2) is 10.2 Å². The molecule has 0 fully saturated rings. The van der Waals surface area contributed by atoms with Crippen LogP contribution in [0.2, 0.25) is 0 Å². The molecule has 0 aliphatic rings. The lowest BCUT2D eigenvalue weighted by atomic mass is 10.2. The van der Waals surface area contributed by atoms with Crippen molar-refractivity contribution in [1.82, 2.24) is 4.98 Å². The molecule has 0 bridgehead atoms. The molecule has 2 heterocycles. The van der Waals surface area contributed by atoms with Crippen molar-refractivity contribution in [3.05, 3.63) is 47.2 Å². The molecular weight excluding hydrogens is 244 g/mol. The highest BCUT2D eigenvalue weighted by molar-refractivity contribution is 9.10. The third-order valence-electron chi connectivity index (χ3n) is 1.82. The van der Waals surface area contributed by atoms with E-state index < -0.39 is 0 Å². The van der Waals surface area contributed by atoms with Gasteiger partial charge in [0.05, 0.1) is 0 Å². The van der Waals surface area contributed by atoms with E-state index in [2.05, 4.69) is 20.9 Å². The van der Waals surface area contributed by atoms with Crippen molar-refractivity contribution in [3.63, 3.8) is 0 Å². The predicted molar refractivity (Wildman–Crippen MR) is 54.8 cm³/mol. The summed E-state index contributed by atoms with van der Waals surface area (Å²) in [7, 11) is 0. The summed E-state index contributed by atoms with van der Waals surface area (Å²) in [5.41, 5.74) is 1.39. The summed E-state index contributed by atoms with van der Waals surface area (Å²) in [6.07, 6.45) is 3.25. The smallest absolute Gasteiger partial charge is 0.283 e. The van der Waals surface area contributed by atoms with Crippen LogP contribution in [0.3, 0.4) is 0 Å². The van der Waals surface area contributed by atoms with E-state index in [1.165, 1.54) is 0 Å². The van der Waals surface area contributed by atoms with Crippen LogP contribution in [0.4, 0.5) is 0 Å². The average molecular weight is 252 g/mol. The van der Waals surface area contributed by atoms with Crippen LogP contribution in [0.1, 0.15) is 0 Å². The first-order valence-corrected chi connectivity index (χ1v) is 4.88. The van der Waals surface area contributed by atoms with E-state index in [9.17, 15) is 5.21 Å². The lowest BCUT2D eigenvalue weighted by molar-refractivity contribution is -0.896. The van der Waals surface area contributed by atoms with E-state index in [0.29, 0.717) is 5.69 Å². The second-order valence-corrected chi connectivity index (χ2v) is 3.71. The molecule has 1 N–H and O–H groups in total. The fourth-order valence-corrected chi connectivity index (χ4v) is 1.51. The van der Waals surface area contributed by atoms with Crippen molar-refractivity contribution in [1.29, 1.82) is 0 Å². The van der Waals surface area contributed by atoms with Crippen LogP contribution in [0.25, 0.3) is 11.4 Å². The first-order valence-electron chi connectivity index (χ1n) is 4.09. The highest BCUT2D eigenvalue weighted by Crippen LogP contribution is 2.16. The Labute approximate surface area is 89.8 Å². The van der Waals surface area contributed by atoms with E-state index in [1.54, 1.807) is 18.5 Å². The molecule has 0 unspecified atom stereocenters. The van der Waals surface area contributed by atoms with Crippen molar-refractivity contribution >= 4 is 15.9 Å². The number of rotatable bonds is 1. The van der Waals surface area contributed by atoms with Crippen LogP contribution in [-0.2, 0) is 0 Å². The molecule has 0 atom stereocenters. The first kappa shape index (κ1) is 9.15. The summed E-state index contributed by atoms with van der Waals surface area (Å²) >= 11 is 3.34. The zero-order chi connectivity index (χ0) is 9.97. The fourth-order valence-electron chi connectivity index (χ4n) is 1.17. The average Bonchev–Trinajstić information content (AvgIpc) is 2.23. The van der Waals surface area contributed by atoms with Crippen molar-refractivity contribution in [2.24, 2.45) is 0 Å². The number of hydrogen-bond acceptors (Lipinski definition) is 2. The second-order valence-electron chi connectivity index (χ2n) is 2.79. The molecule has 2 rings (SSSR count). The van der Waals surface area contributed by atoms with Crippen molar-refractivity contribution < 1.29 is 9.94 Å². The van der Waals surface area contributed by atoms with Gasteiger partial charge >= 0.3 is 0 Å². The van der Waals surface area contributed by atoms with Gasteiger partial charge in [-0.2, -0.15) is 0 Å². The number of aromatic nitrogens is 2. The van der Waals surface area contributed by atoms with E-state index in [0.717, 1.165) is 14.9 Å². The Morgan fingerprint density at radius 1 is 1.29 bits per heavy atom. The Hall–Kier alpha value is -1.42. The molecule has 0 spiro atoms. The molecule has 0 aliphatic heterocycles. The Bertz CT molecular complexity index is 445. The topological polar surface area (TPSA) is 37.0 Å². The maximum Gasteiger partial charge on any atom is 0.283 e. The van der Waals surface area contributed by atoms with Crippen LogP contribution in [0.15, 0.2) is 47.2 Å². The Balaban J connectivity index is 2.57. The van der Waals surface area contributed by atoms with E-state index in [-0.39, 0.29) is 0 Å². The highest BCUT2D eigenvalue weighted by Gasteiger charge is 2.13. The lowest BCUT2D eigenvalue weighted by Gasteiger charge is -1.96. The van der Waals surface area contributed by atoms with Gasteiger partial charge in [-0.1, -0.05) is 22.0 Å². The fraction of sp³-hybridized carbons (Fsp3) is 0. The van der Waals surface area contributed by atoms with E-state index in [1.807, 2.05) is 24.3 Å². The Morgan fingerprint density at radius 3 is 2.86 bits per heavy atom. The van der Waals surface area contributed by atoms with Gasteiger partial charge in [0.15, 0.2) is 0 Å². The maximum atomic E-state index is 9.54. The molecule has 2 aromatic heterocycles. The minimum atomic E-state index is 0.653. The van der Waals surface area contributed by atoms with Gasteiger partial charge in [0.1, 0.15) is 5.69 Å². The van der Waals surface area contributed by atoms with Gasteiger partial charge in [-0.15, -0.1) is 0 Å². The third kappa shape index (κ3) is 1.75. The molecule has 0 amide bonds. The Morgan fingerprint density at radius 2 is 2.14 bits per heavy atom.